The Morgan fingerprint density at radius 2 is 1.84 bits per heavy atom. The summed E-state index contributed by atoms with van der Waals surface area (Å²) < 4.78 is 51.4. The van der Waals surface area contributed by atoms with Crippen molar-refractivity contribution in [1.29, 1.82) is 0 Å². The molecule has 1 nitrogen and oxygen atoms in total. The number of halogens is 5. The first kappa shape index (κ1) is 14.2. The summed E-state index contributed by atoms with van der Waals surface area (Å²) in [6.07, 6.45) is -4.82. The van der Waals surface area contributed by atoms with Crippen LogP contribution in [-0.4, -0.2) is 5.78 Å². The maximum absolute atomic E-state index is 13.1. The molecule has 0 saturated heterocycles. The van der Waals surface area contributed by atoms with Gasteiger partial charge in [0.1, 0.15) is 5.82 Å². The molecule has 0 N–H and O–H groups in total. The van der Waals surface area contributed by atoms with Crippen molar-refractivity contribution in [3.63, 3.8) is 0 Å². The first-order valence-electron chi connectivity index (χ1n) is 4.96. The standard InChI is InChI=1S/C12H5BrF4OS/c13-10-4-3-9(19-10)11(18)6-1-2-8(14)7(5-6)12(15,16)17/h1-5H. The summed E-state index contributed by atoms with van der Waals surface area (Å²) in [7, 11) is 0. The van der Waals surface area contributed by atoms with Gasteiger partial charge in [0.05, 0.1) is 14.2 Å². The minimum atomic E-state index is -4.82. The molecule has 0 spiro atoms. The van der Waals surface area contributed by atoms with E-state index < -0.39 is 23.3 Å². The molecule has 0 unspecified atom stereocenters. The van der Waals surface area contributed by atoms with Crippen molar-refractivity contribution < 1.29 is 22.4 Å². The lowest BCUT2D eigenvalue weighted by atomic mass is 10.1. The molecule has 0 aliphatic heterocycles. The lowest BCUT2D eigenvalue weighted by molar-refractivity contribution is -0.140. The fourth-order valence-corrected chi connectivity index (χ4v) is 2.81. The number of carbonyl (C=O) groups excluding carboxylic acids is 1. The van der Waals surface area contributed by atoms with Gasteiger partial charge in [0.25, 0.3) is 0 Å². The number of benzene rings is 1. The molecule has 1 aromatic carbocycles. The monoisotopic (exact) mass is 352 g/mol. The van der Waals surface area contributed by atoms with E-state index in [0.717, 1.165) is 17.4 Å². The van der Waals surface area contributed by atoms with Crippen molar-refractivity contribution in [2.24, 2.45) is 0 Å². The Bertz CT molecular complexity index is 633. The zero-order valence-electron chi connectivity index (χ0n) is 9.09. The third-order valence-corrected chi connectivity index (χ3v) is 3.95. The third kappa shape index (κ3) is 3.03. The number of hydrogen-bond acceptors (Lipinski definition) is 2. The first-order valence-corrected chi connectivity index (χ1v) is 6.57. The molecule has 1 heterocycles. The van der Waals surface area contributed by atoms with E-state index >= 15 is 0 Å². The van der Waals surface area contributed by atoms with E-state index in [2.05, 4.69) is 15.9 Å². The van der Waals surface area contributed by atoms with Crippen LogP contribution in [0.2, 0.25) is 0 Å². The molecule has 0 saturated carbocycles. The van der Waals surface area contributed by atoms with Crippen LogP contribution >= 0.6 is 27.3 Å². The van der Waals surface area contributed by atoms with Crippen molar-refractivity contribution in [1.82, 2.24) is 0 Å². The molecule has 0 amide bonds. The van der Waals surface area contributed by atoms with Crippen LogP contribution in [0.15, 0.2) is 34.1 Å². The van der Waals surface area contributed by atoms with Gasteiger partial charge in [-0.25, -0.2) is 4.39 Å². The predicted octanol–water partition coefficient (Wildman–Crippen LogP) is 4.90. The molecule has 2 aromatic rings. The number of hydrogen-bond donors (Lipinski definition) is 0. The van der Waals surface area contributed by atoms with Gasteiger partial charge in [0.2, 0.25) is 5.78 Å². The third-order valence-electron chi connectivity index (χ3n) is 2.33. The number of rotatable bonds is 2. The zero-order valence-corrected chi connectivity index (χ0v) is 11.5. The van der Waals surface area contributed by atoms with E-state index in [-0.39, 0.29) is 10.4 Å². The van der Waals surface area contributed by atoms with E-state index in [9.17, 15) is 22.4 Å². The van der Waals surface area contributed by atoms with Crippen LogP contribution in [0.5, 0.6) is 0 Å². The molecule has 0 radical (unpaired) electrons. The van der Waals surface area contributed by atoms with E-state index in [1.807, 2.05) is 0 Å². The van der Waals surface area contributed by atoms with Crippen LogP contribution in [-0.2, 0) is 6.18 Å². The summed E-state index contributed by atoms with van der Waals surface area (Å²) in [4.78, 5) is 12.2. The topological polar surface area (TPSA) is 17.1 Å². The highest BCUT2D eigenvalue weighted by molar-refractivity contribution is 9.11. The van der Waals surface area contributed by atoms with Gasteiger partial charge < -0.3 is 0 Å². The Labute approximate surface area is 118 Å². The molecule has 0 fully saturated rings. The molecular formula is C12H5BrF4OS. The van der Waals surface area contributed by atoms with Crippen LogP contribution in [0.1, 0.15) is 20.8 Å². The second kappa shape index (κ2) is 5.05. The SMILES string of the molecule is O=C(c1ccc(F)c(C(F)(F)F)c1)c1ccc(Br)s1. The fraction of sp³-hybridized carbons (Fsp3) is 0.0833. The summed E-state index contributed by atoms with van der Waals surface area (Å²) in [5.74, 6) is -1.96. The zero-order chi connectivity index (χ0) is 14.2. The maximum atomic E-state index is 13.1. The van der Waals surface area contributed by atoms with E-state index in [1.54, 1.807) is 6.07 Å². The van der Waals surface area contributed by atoms with Crippen molar-refractivity contribution in [3.05, 3.63) is 55.9 Å². The summed E-state index contributed by atoms with van der Waals surface area (Å²) in [5, 5.41) is 0. The highest BCUT2D eigenvalue weighted by Crippen LogP contribution is 2.33. The quantitative estimate of drug-likeness (QED) is 0.555. The van der Waals surface area contributed by atoms with Gasteiger partial charge in [-0.15, -0.1) is 11.3 Å². The van der Waals surface area contributed by atoms with E-state index in [0.29, 0.717) is 15.9 Å². The molecule has 19 heavy (non-hydrogen) atoms. The van der Waals surface area contributed by atoms with Gasteiger partial charge in [-0.2, -0.15) is 13.2 Å². The summed E-state index contributed by atoms with van der Waals surface area (Å²) >= 11 is 4.26. The molecular weight excluding hydrogens is 348 g/mol. The number of ketones is 1. The van der Waals surface area contributed by atoms with E-state index in [4.69, 9.17) is 0 Å². The maximum Gasteiger partial charge on any atom is 0.419 e. The Balaban J connectivity index is 2.44. The van der Waals surface area contributed by atoms with Crippen LogP contribution in [0.3, 0.4) is 0 Å². The lowest BCUT2D eigenvalue weighted by Crippen LogP contribution is -2.10. The average molecular weight is 353 g/mol. The second-order valence-electron chi connectivity index (χ2n) is 3.63. The van der Waals surface area contributed by atoms with E-state index in [1.165, 1.54) is 6.07 Å². The van der Waals surface area contributed by atoms with Gasteiger partial charge in [-0.1, -0.05) is 0 Å². The Hall–Kier alpha value is -1.21. The first-order chi connectivity index (χ1) is 8.79. The molecule has 0 aliphatic rings. The van der Waals surface area contributed by atoms with Gasteiger partial charge >= 0.3 is 6.18 Å². The van der Waals surface area contributed by atoms with Gasteiger partial charge in [0, 0.05) is 5.56 Å². The van der Waals surface area contributed by atoms with Gasteiger partial charge in [-0.05, 0) is 46.3 Å². The number of thiophene rings is 1. The highest BCUT2D eigenvalue weighted by atomic mass is 79.9. The molecule has 1 aromatic heterocycles. The van der Waals surface area contributed by atoms with Crippen molar-refractivity contribution >= 4 is 33.0 Å². The predicted molar refractivity (Wildman–Crippen MR) is 66.9 cm³/mol. The average Bonchev–Trinajstić information content (AvgIpc) is 2.74. The normalized spacial score (nSPS) is 11.6. The fourth-order valence-electron chi connectivity index (χ4n) is 1.46. The van der Waals surface area contributed by atoms with Crippen molar-refractivity contribution in [2.45, 2.75) is 6.18 Å². The summed E-state index contributed by atoms with van der Waals surface area (Å²) in [6.45, 7) is 0. The smallest absolute Gasteiger partial charge is 0.288 e. The summed E-state index contributed by atoms with van der Waals surface area (Å²) in [5.41, 5.74) is -1.63. The summed E-state index contributed by atoms with van der Waals surface area (Å²) in [6, 6.07) is 5.34. The van der Waals surface area contributed by atoms with Gasteiger partial charge in [-0.3, -0.25) is 4.79 Å². The molecule has 2 rings (SSSR count). The minimum absolute atomic E-state index is 0.192. The van der Waals surface area contributed by atoms with Crippen molar-refractivity contribution in [2.75, 3.05) is 0 Å². The molecule has 100 valence electrons. The Morgan fingerprint density at radius 1 is 1.16 bits per heavy atom. The van der Waals surface area contributed by atoms with Crippen molar-refractivity contribution in [3.8, 4) is 0 Å². The largest absolute Gasteiger partial charge is 0.419 e. The molecule has 0 aliphatic carbocycles. The van der Waals surface area contributed by atoms with Crippen LogP contribution in [0, 0.1) is 5.82 Å². The van der Waals surface area contributed by atoms with Crippen LogP contribution < -0.4 is 0 Å². The number of alkyl halides is 3. The Kier molecular flexibility index (Phi) is 3.78. The second-order valence-corrected chi connectivity index (χ2v) is 6.09. The molecule has 0 bridgehead atoms. The van der Waals surface area contributed by atoms with Gasteiger partial charge in [0.15, 0.2) is 0 Å². The van der Waals surface area contributed by atoms with Crippen LogP contribution in [0.25, 0.3) is 0 Å². The lowest BCUT2D eigenvalue weighted by Gasteiger charge is -2.09. The van der Waals surface area contributed by atoms with Crippen LogP contribution in [0.4, 0.5) is 17.6 Å². The number of carbonyl (C=O) groups is 1. The molecule has 7 heteroatoms. The highest BCUT2D eigenvalue weighted by Gasteiger charge is 2.34. The molecule has 0 atom stereocenters. The Morgan fingerprint density at radius 3 is 2.37 bits per heavy atom. The minimum Gasteiger partial charge on any atom is -0.288 e.